The van der Waals surface area contributed by atoms with E-state index in [4.69, 9.17) is 0 Å². The number of hydrogen-bond donors (Lipinski definition) is 1. The second kappa shape index (κ2) is 6.35. The van der Waals surface area contributed by atoms with Crippen LogP contribution in [-0.4, -0.2) is 57.5 Å². The first-order chi connectivity index (χ1) is 8.53. The minimum absolute atomic E-state index is 0.328. The van der Waals surface area contributed by atoms with E-state index in [1.807, 2.05) is 0 Å². The van der Waals surface area contributed by atoms with Crippen molar-refractivity contribution in [3.8, 4) is 0 Å². The zero-order chi connectivity index (χ0) is 13.0. The van der Waals surface area contributed by atoms with Crippen LogP contribution in [0.5, 0.6) is 0 Å². The molecule has 18 heavy (non-hydrogen) atoms. The monoisotopic (exact) mass is 274 g/mol. The van der Waals surface area contributed by atoms with E-state index in [-0.39, 0.29) is 0 Å². The van der Waals surface area contributed by atoms with Gasteiger partial charge in [0.05, 0.1) is 5.75 Å². The number of rotatable bonds is 7. The van der Waals surface area contributed by atoms with Gasteiger partial charge in [-0.15, -0.1) is 0 Å². The summed E-state index contributed by atoms with van der Waals surface area (Å²) in [6, 6.07) is 0.797. The second-order valence-corrected chi connectivity index (χ2v) is 8.23. The van der Waals surface area contributed by atoms with Crippen molar-refractivity contribution in [1.82, 2.24) is 10.2 Å². The molecule has 5 heteroatoms. The largest absolute Gasteiger partial charge is 0.314 e. The predicted molar refractivity (Wildman–Crippen MR) is 74.5 cm³/mol. The Kier molecular flexibility index (Phi) is 5.04. The van der Waals surface area contributed by atoms with Gasteiger partial charge in [-0.1, -0.05) is 0 Å². The van der Waals surface area contributed by atoms with E-state index in [1.54, 1.807) is 0 Å². The molecule has 2 rings (SSSR count). The molecule has 106 valence electrons. The summed E-state index contributed by atoms with van der Waals surface area (Å²) >= 11 is 0. The van der Waals surface area contributed by atoms with Crippen LogP contribution < -0.4 is 5.32 Å². The third-order valence-electron chi connectivity index (χ3n) is 3.87. The molecule has 0 aromatic rings. The fourth-order valence-corrected chi connectivity index (χ4v) is 3.35. The van der Waals surface area contributed by atoms with Crippen LogP contribution in [0.25, 0.3) is 0 Å². The fourth-order valence-electron chi connectivity index (χ4n) is 2.69. The van der Waals surface area contributed by atoms with E-state index in [0.29, 0.717) is 5.75 Å². The molecule has 1 unspecified atom stereocenters. The lowest BCUT2D eigenvalue weighted by Gasteiger charge is -2.32. The van der Waals surface area contributed by atoms with Gasteiger partial charge in [0.25, 0.3) is 0 Å². The highest BCUT2D eigenvalue weighted by molar-refractivity contribution is 7.90. The van der Waals surface area contributed by atoms with Crippen molar-refractivity contribution in [2.75, 3.05) is 38.2 Å². The van der Waals surface area contributed by atoms with Crippen molar-refractivity contribution >= 4 is 9.84 Å². The molecule has 4 nitrogen and oxygen atoms in total. The minimum atomic E-state index is -2.79. The Labute approximate surface area is 111 Å². The summed E-state index contributed by atoms with van der Waals surface area (Å²) in [6.45, 7) is 4.37. The first kappa shape index (κ1) is 14.3. The van der Waals surface area contributed by atoms with E-state index in [9.17, 15) is 8.42 Å². The summed E-state index contributed by atoms with van der Waals surface area (Å²) in [6.07, 6.45) is 7.39. The van der Waals surface area contributed by atoms with Crippen molar-refractivity contribution in [3.05, 3.63) is 0 Å². The fraction of sp³-hybridized carbons (Fsp3) is 1.00. The number of piperidine rings is 1. The Morgan fingerprint density at radius 3 is 2.72 bits per heavy atom. The Balaban J connectivity index is 1.62. The van der Waals surface area contributed by atoms with Gasteiger partial charge in [0.1, 0.15) is 9.84 Å². The molecule has 1 aliphatic carbocycles. The van der Waals surface area contributed by atoms with Crippen molar-refractivity contribution in [2.45, 2.75) is 38.1 Å². The lowest BCUT2D eigenvalue weighted by atomic mass is 9.98. The first-order valence-electron chi connectivity index (χ1n) is 7.16. The summed E-state index contributed by atoms with van der Waals surface area (Å²) in [5.41, 5.74) is 0. The van der Waals surface area contributed by atoms with Gasteiger partial charge in [-0.2, -0.15) is 0 Å². The molecule has 0 radical (unpaired) electrons. The van der Waals surface area contributed by atoms with Gasteiger partial charge in [-0.25, -0.2) is 8.42 Å². The number of sulfone groups is 1. The number of nitrogens with one attached hydrogen (secondary N) is 1. The maximum atomic E-state index is 11.1. The molecule has 2 fully saturated rings. The normalized spacial score (nSPS) is 26.4. The molecule has 0 aromatic carbocycles. The molecular weight excluding hydrogens is 248 g/mol. The zero-order valence-electron chi connectivity index (χ0n) is 11.4. The van der Waals surface area contributed by atoms with Gasteiger partial charge in [0, 0.05) is 18.8 Å². The van der Waals surface area contributed by atoms with E-state index in [2.05, 4.69) is 10.2 Å². The molecule has 0 amide bonds. The summed E-state index contributed by atoms with van der Waals surface area (Å²) in [7, 11) is -2.79. The van der Waals surface area contributed by atoms with E-state index in [1.165, 1.54) is 31.9 Å². The van der Waals surface area contributed by atoms with Crippen LogP contribution in [0.1, 0.15) is 32.1 Å². The first-order valence-corrected chi connectivity index (χ1v) is 9.22. The topological polar surface area (TPSA) is 49.4 Å². The predicted octanol–water partition coefficient (Wildman–Crippen LogP) is 0.885. The molecule has 0 bridgehead atoms. The maximum Gasteiger partial charge on any atom is 0.147 e. The molecule has 1 saturated carbocycles. The van der Waals surface area contributed by atoms with Crippen LogP contribution in [0.3, 0.4) is 0 Å². The van der Waals surface area contributed by atoms with Crippen LogP contribution in [-0.2, 0) is 9.84 Å². The number of nitrogens with zero attached hydrogens (tertiary/aromatic N) is 1. The third kappa shape index (κ3) is 5.67. The highest BCUT2D eigenvalue weighted by atomic mass is 32.2. The van der Waals surface area contributed by atoms with Crippen LogP contribution in [0.15, 0.2) is 0 Å². The summed E-state index contributed by atoms with van der Waals surface area (Å²) in [4.78, 5) is 2.44. The lowest BCUT2D eigenvalue weighted by molar-refractivity contribution is 0.172. The summed E-state index contributed by atoms with van der Waals surface area (Å²) in [5.74, 6) is 1.09. The maximum absolute atomic E-state index is 11.1. The van der Waals surface area contributed by atoms with Crippen molar-refractivity contribution < 1.29 is 8.42 Å². The average Bonchev–Trinajstić information content (AvgIpc) is 3.09. The lowest BCUT2D eigenvalue weighted by Crippen LogP contribution is -2.40. The standard InChI is InChI=1S/C13H26N2O2S/c1-18(16,17)9-3-8-15-7-2-4-12(11-15)10-14-13-5-6-13/h12-14H,2-11H2,1H3. The molecule has 1 saturated heterocycles. The summed E-state index contributed by atoms with van der Waals surface area (Å²) in [5, 5.41) is 3.60. The van der Waals surface area contributed by atoms with E-state index in [0.717, 1.165) is 44.6 Å². The quantitative estimate of drug-likeness (QED) is 0.749. The van der Waals surface area contributed by atoms with E-state index >= 15 is 0 Å². The van der Waals surface area contributed by atoms with Gasteiger partial charge in [-0.3, -0.25) is 0 Å². The Bertz CT molecular complexity index is 352. The van der Waals surface area contributed by atoms with Crippen LogP contribution in [0.4, 0.5) is 0 Å². The highest BCUT2D eigenvalue weighted by Crippen LogP contribution is 2.21. The molecular formula is C13H26N2O2S. The van der Waals surface area contributed by atoms with Crippen LogP contribution in [0.2, 0.25) is 0 Å². The van der Waals surface area contributed by atoms with Gasteiger partial charge in [0.15, 0.2) is 0 Å². The average molecular weight is 274 g/mol. The molecule has 1 aliphatic heterocycles. The third-order valence-corrected chi connectivity index (χ3v) is 4.90. The number of hydrogen-bond acceptors (Lipinski definition) is 4. The Morgan fingerprint density at radius 1 is 1.28 bits per heavy atom. The van der Waals surface area contributed by atoms with Crippen LogP contribution >= 0.6 is 0 Å². The smallest absolute Gasteiger partial charge is 0.147 e. The second-order valence-electron chi connectivity index (χ2n) is 5.97. The molecule has 2 aliphatic rings. The molecule has 1 N–H and O–H groups in total. The van der Waals surface area contributed by atoms with Crippen molar-refractivity contribution in [3.63, 3.8) is 0 Å². The Hall–Kier alpha value is -0.130. The van der Waals surface area contributed by atoms with Gasteiger partial charge in [-0.05, 0) is 57.7 Å². The molecule has 1 heterocycles. The molecule has 0 aromatic heterocycles. The highest BCUT2D eigenvalue weighted by Gasteiger charge is 2.24. The summed E-state index contributed by atoms with van der Waals surface area (Å²) < 4.78 is 22.2. The van der Waals surface area contributed by atoms with Gasteiger partial charge < -0.3 is 10.2 Å². The SMILES string of the molecule is CS(=O)(=O)CCCN1CCCC(CNC2CC2)C1. The van der Waals surface area contributed by atoms with Gasteiger partial charge in [0.2, 0.25) is 0 Å². The van der Waals surface area contributed by atoms with Crippen molar-refractivity contribution in [2.24, 2.45) is 5.92 Å². The van der Waals surface area contributed by atoms with Crippen LogP contribution in [0, 0.1) is 5.92 Å². The Morgan fingerprint density at radius 2 is 2.06 bits per heavy atom. The zero-order valence-corrected chi connectivity index (χ0v) is 12.2. The van der Waals surface area contributed by atoms with E-state index < -0.39 is 9.84 Å². The number of likely N-dealkylation sites (tertiary alicyclic amines) is 1. The van der Waals surface area contributed by atoms with Gasteiger partial charge >= 0.3 is 0 Å². The van der Waals surface area contributed by atoms with Crippen molar-refractivity contribution in [1.29, 1.82) is 0 Å². The minimum Gasteiger partial charge on any atom is -0.314 e. The molecule has 0 spiro atoms. The molecule has 1 atom stereocenters.